The molecule has 2 nitrogen and oxygen atoms in total. The summed E-state index contributed by atoms with van der Waals surface area (Å²) in [4.78, 5) is 1.93. The van der Waals surface area contributed by atoms with Crippen molar-refractivity contribution < 1.29 is 4.74 Å². The number of hydrogen-bond acceptors (Lipinski definition) is 2. The van der Waals surface area contributed by atoms with Crippen LogP contribution in [0.5, 0.6) is 5.75 Å². The molecule has 1 radical (unpaired) electrons. The average molecular weight is 185 g/mol. The first-order valence-corrected chi connectivity index (χ1v) is 3.95. The molecule has 0 heterocycles. The fourth-order valence-corrected chi connectivity index (χ4v) is 1.18. The first-order chi connectivity index (χ1) is 5.65. The van der Waals surface area contributed by atoms with Crippen molar-refractivity contribution in [1.82, 2.24) is 0 Å². The molecular weight excluding hydrogens is 174 g/mol. The molecule has 0 unspecified atom stereocenters. The number of hydrogen-bond donors (Lipinski definition) is 0. The fraction of sp³-hybridized carbons (Fsp3) is 0.333. The van der Waals surface area contributed by atoms with Crippen molar-refractivity contribution in [3.63, 3.8) is 0 Å². The highest BCUT2D eigenvalue weighted by atomic mass is 35.5. The summed E-state index contributed by atoms with van der Waals surface area (Å²) < 4.78 is 5.02. The van der Waals surface area contributed by atoms with E-state index in [4.69, 9.17) is 16.3 Å². The van der Waals surface area contributed by atoms with E-state index in [0.717, 1.165) is 5.69 Å². The molecular formula is C9H11ClNO. The Kier molecular flexibility index (Phi) is 2.82. The number of anilines is 1. The predicted molar refractivity (Wildman–Crippen MR) is 51.2 cm³/mol. The second kappa shape index (κ2) is 3.68. The van der Waals surface area contributed by atoms with E-state index in [0.29, 0.717) is 10.8 Å². The quantitative estimate of drug-likeness (QED) is 0.699. The van der Waals surface area contributed by atoms with E-state index in [1.807, 2.05) is 25.1 Å². The normalized spacial score (nSPS) is 9.67. The molecule has 0 atom stereocenters. The number of nitrogens with zero attached hydrogens (tertiary/aromatic N) is 1. The Hall–Kier alpha value is -0.890. The topological polar surface area (TPSA) is 12.5 Å². The first kappa shape index (κ1) is 9.20. The van der Waals surface area contributed by atoms with Crippen LogP contribution >= 0.6 is 11.6 Å². The van der Waals surface area contributed by atoms with E-state index >= 15 is 0 Å². The minimum Gasteiger partial charge on any atom is -0.496 e. The summed E-state index contributed by atoms with van der Waals surface area (Å²) in [7, 11) is 5.47. The zero-order chi connectivity index (χ0) is 9.14. The van der Waals surface area contributed by atoms with E-state index in [-0.39, 0.29) is 0 Å². The fourth-order valence-electron chi connectivity index (χ4n) is 0.904. The van der Waals surface area contributed by atoms with Gasteiger partial charge in [0.1, 0.15) is 5.75 Å². The summed E-state index contributed by atoms with van der Waals surface area (Å²) in [5.74, 6) is 0.697. The predicted octanol–water partition coefficient (Wildman–Crippen LogP) is 2.21. The van der Waals surface area contributed by atoms with Crippen LogP contribution in [0.4, 0.5) is 5.69 Å². The molecule has 0 bridgehead atoms. The van der Waals surface area contributed by atoms with Gasteiger partial charge in [-0.3, -0.25) is 0 Å². The van der Waals surface area contributed by atoms with Crippen LogP contribution in [0.2, 0.25) is 5.02 Å². The molecule has 1 aromatic rings. The van der Waals surface area contributed by atoms with Gasteiger partial charge >= 0.3 is 0 Å². The molecule has 0 aliphatic rings. The zero-order valence-electron chi connectivity index (χ0n) is 7.39. The number of ether oxygens (including phenoxy) is 1. The van der Waals surface area contributed by atoms with Crippen LogP contribution in [0.15, 0.2) is 12.1 Å². The minimum absolute atomic E-state index is 0.681. The van der Waals surface area contributed by atoms with Crippen molar-refractivity contribution >= 4 is 17.3 Å². The Bertz CT molecular complexity index is 273. The maximum absolute atomic E-state index is 5.92. The molecule has 0 aromatic heterocycles. The summed E-state index contributed by atoms with van der Waals surface area (Å²) in [5, 5.41) is 0.681. The highest BCUT2D eigenvalue weighted by molar-refractivity contribution is 6.33. The standard InChI is InChI=1S/C9H11ClNO/c1-11(2)9-6-7(12-3)4-5-8(9)10/h5-6H,1-3H3. The van der Waals surface area contributed by atoms with Gasteiger partial charge in [-0.05, 0) is 6.07 Å². The Morgan fingerprint density at radius 1 is 1.50 bits per heavy atom. The third kappa shape index (κ3) is 1.83. The maximum atomic E-state index is 5.92. The second-order valence-electron chi connectivity index (χ2n) is 2.63. The van der Waals surface area contributed by atoms with Gasteiger partial charge in [-0.15, -0.1) is 0 Å². The van der Waals surface area contributed by atoms with Crippen LogP contribution in [0, 0.1) is 6.07 Å². The monoisotopic (exact) mass is 184 g/mol. The summed E-state index contributed by atoms with van der Waals surface area (Å²) >= 11 is 5.92. The van der Waals surface area contributed by atoms with E-state index in [9.17, 15) is 0 Å². The van der Waals surface area contributed by atoms with Crippen molar-refractivity contribution in [3.05, 3.63) is 23.2 Å². The van der Waals surface area contributed by atoms with Gasteiger partial charge in [-0.25, -0.2) is 0 Å². The van der Waals surface area contributed by atoms with Gasteiger partial charge in [-0.2, -0.15) is 0 Å². The van der Waals surface area contributed by atoms with Crippen LogP contribution in [0.25, 0.3) is 0 Å². The number of halogens is 1. The van der Waals surface area contributed by atoms with Gasteiger partial charge in [0.2, 0.25) is 0 Å². The molecule has 0 saturated heterocycles. The number of benzene rings is 1. The highest BCUT2D eigenvalue weighted by Gasteiger charge is 2.03. The van der Waals surface area contributed by atoms with Gasteiger partial charge in [0.25, 0.3) is 0 Å². The molecule has 0 amide bonds. The van der Waals surface area contributed by atoms with Crippen LogP contribution in [0.1, 0.15) is 0 Å². The summed E-state index contributed by atoms with van der Waals surface area (Å²) in [6.45, 7) is 0. The van der Waals surface area contributed by atoms with E-state index in [1.165, 1.54) is 0 Å². The molecule has 0 aliphatic carbocycles. The van der Waals surface area contributed by atoms with Crippen LogP contribution in [0.3, 0.4) is 0 Å². The lowest BCUT2D eigenvalue weighted by Crippen LogP contribution is -2.09. The van der Waals surface area contributed by atoms with Crippen molar-refractivity contribution in [3.8, 4) is 5.75 Å². The van der Waals surface area contributed by atoms with Gasteiger partial charge in [0.05, 0.1) is 17.8 Å². The first-order valence-electron chi connectivity index (χ1n) is 3.57. The SMILES string of the molecule is COc1[c]cc(Cl)c(N(C)C)c1. The minimum atomic E-state index is 0.681. The van der Waals surface area contributed by atoms with E-state index in [1.54, 1.807) is 13.2 Å². The van der Waals surface area contributed by atoms with Crippen molar-refractivity contribution in [2.45, 2.75) is 0 Å². The lowest BCUT2D eigenvalue weighted by atomic mass is 10.3. The summed E-state index contributed by atoms with van der Waals surface area (Å²) in [6, 6.07) is 6.45. The van der Waals surface area contributed by atoms with Crippen molar-refractivity contribution in [1.29, 1.82) is 0 Å². The molecule has 0 spiro atoms. The maximum Gasteiger partial charge on any atom is 0.128 e. The molecule has 0 N–H and O–H groups in total. The highest BCUT2D eigenvalue weighted by Crippen LogP contribution is 2.27. The molecule has 65 valence electrons. The van der Waals surface area contributed by atoms with Crippen molar-refractivity contribution in [2.24, 2.45) is 0 Å². The molecule has 0 fully saturated rings. The Labute approximate surface area is 77.7 Å². The van der Waals surface area contributed by atoms with Gasteiger partial charge < -0.3 is 9.64 Å². The third-order valence-corrected chi connectivity index (χ3v) is 1.86. The average Bonchev–Trinajstić information content (AvgIpc) is 2.05. The lowest BCUT2D eigenvalue weighted by molar-refractivity contribution is 0.414. The number of rotatable bonds is 2. The molecule has 0 saturated carbocycles. The largest absolute Gasteiger partial charge is 0.496 e. The lowest BCUT2D eigenvalue weighted by Gasteiger charge is -2.14. The van der Waals surface area contributed by atoms with Gasteiger partial charge in [0, 0.05) is 26.2 Å². The van der Waals surface area contributed by atoms with Crippen LogP contribution in [-0.2, 0) is 0 Å². The molecule has 0 aliphatic heterocycles. The Balaban J connectivity index is 3.08. The van der Waals surface area contributed by atoms with E-state index < -0.39 is 0 Å². The summed E-state index contributed by atoms with van der Waals surface area (Å²) in [6.07, 6.45) is 0. The molecule has 1 aromatic carbocycles. The van der Waals surface area contributed by atoms with Gasteiger partial charge in [0.15, 0.2) is 0 Å². The third-order valence-electron chi connectivity index (χ3n) is 1.56. The zero-order valence-corrected chi connectivity index (χ0v) is 8.14. The molecule has 3 heteroatoms. The second-order valence-corrected chi connectivity index (χ2v) is 3.04. The summed E-state index contributed by atoms with van der Waals surface area (Å²) in [5.41, 5.74) is 0.937. The van der Waals surface area contributed by atoms with Crippen LogP contribution < -0.4 is 9.64 Å². The number of methoxy groups -OCH3 is 1. The van der Waals surface area contributed by atoms with Crippen molar-refractivity contribution in [2.75, 3.05) is 26.1 Å². The van der Waals surface area contributed by atoms with E-state index in [2.05, 4.69) is 6.07 Å². The smallest absolute Gasteiger partial charge is 0.128 e. The Morgan fingerprint density at radius 2 is 2.17 bits per heavy atom. The molecule has 1 rings (SSSR count). The van der Waals surface area contributed by atoms with Crippen LogP contribution in [-0.4, -0.2) is 21.2 Å². The van der Waals surface area contributed by atoms with Gasteiger partial charge in [-0.1, -0.05) is 11.6 Å². The molecule has 12 heavy (non-hydrogen) atoms. The Morgan fingerprint density at radius 3 is 2.67 bits per heavy atom.